The Labute approximate surface area is 126 Å². The van der Waals surface area contributed by atoms with Crippen molar-refractivity contribution in [3.05, 3.63) is 0 Å². The van der Waals surface area contributed by atoms with Gasteiger partial charge in [0, 0.05) is 25.0 Å². The normalized spacial score (nSPS) is 25.9. The van der Waals surface area contributed by atoms with Crippen LogP contribution in [0, 0.1) is 5.92 Å². The first kappa shape index (κ1) is 16.5. The summed E-state index contributed by atoms with van der Waals surface area (Å²) < 4.78 is 5.08. The minimum absolute atomic E-state index is 0.0167. The molecule has 6 nitrogen and oxygen atoms in total. The van der Waals surface area contributed by atoms with Gasteiger partial charge in [-0.05, 0) is 52.1 Å². The fraction of sp³-hybridized carbons (Fsp3) is 0.933. The van der Waals surface area contributed by atoms with Crippen molar-refractivity contribution >= 4 is 6.09 Å². The van der Waals surface area contributed by atoms with Gasteiger partial charge in [-0.1, -0.05) is 0 Å². The SMILES string of the molecule is CCOC(=O)N1CCCC(N2CCC(C(O)O)CC2)CC1. The van der Waals surface area contributed by atoms with E-state index in [1.807, 2.05) is 11.8 Å². The van der Waals surface area contributed by atoms with Crippen molar-refractivity contribution in [2.75, 3.05) is 32.8 Å². The zero-order valence-corrected chi connectivity index (χ0v) is 12.9. The highest BCUT2D eigenvalue weighted by Crippen LogP contribution is 2.25. The van der Waals surface area contributed by atoms with Gasteiger partial charge in [0.1, 0.15) is 0 Å². The maximum absolute atomic E-state index is 11.8. The van der Waals surface area contributed by atoms with E-state index in [0.29, 0.717) is 12.6 Å². The summed E-state index contributed by atoms with van der Waals surface area (Å²) >= 11 is 0. The van der Waals surface area contributed by atoms with Crippen LogP contribution in [-0.4, -0.2) is 71.2 Å². The van der Waals surface area contributed by atoms with E-state index in [1.54, 1.807) is 0 Å². The second-order valence-corrected chi connectivity index (χ2v) is 6.06. The summed E-state index contributed by atoms with van der Waals surface area (Å²) in [4.78, 5) is 16.1. The summed E-state index contributed by atoms with van der Waals surface area (Å²) in [7, 11) is 0. The quantitative estimate of drug-likeness (QED) is 0.761. The van der Waals surface area contributed by atoms with Gasteiger partial charge in [0.2, 0.25) is 0 Å². The molecule has 2 fully saturated rings. The average molecular weight is 300 g/mol. The molecule has 2 saturated heterocycles. The van der Waals surface area contributed by atoms with E-state index in [1.165, 1.54) is 0 Å². The van der Waals surface area contributed by atoms with Gasteiger partial charge in [0.15, 0.2) is 6.29 Å². The van der Waals surface area contributed by atoms with E-state index in [2.05, 4.69) is 4.90 Å². The summed E-state index contributed by atoms with van der Waals surface area (Å²) in [5.74, 6) is 0.0167. The topological polar surface area (TPSA) is 73.2 Å². The highest BCUT2D eigenvalue weighted by Gasteiger charge is 2.30. The number of ether oxygens (including phenoxy) is 1. The zero-order valence-electron chi connectivity index (χ0n) is 12.9. The molecule has 1 unspecified atom stereocenters. The van der Waals surface area contributed by atoms with Crippen LogP contribution in [0.4, 0.5) is 4.79 Å². The van der Waals surface area contributed by atoms with Gasteiger partial charge in [-0.2, -0.15) is 0 Å². The lowest BCUT2D eigenvalue weighted by Gasteiger charge is -2.37. The molecule has 122 valence electrons. The smallest absolute Gasteiger partial charge is 0.409 e. The fourth-order valence-corrected chi connectivity index (χ4v) is 3.42. The summed E-state index contributed by atoms with van der Waals surface area (Å²) in [5.41, 5.74) is 0. The molecule has 2 aliphatic rings. The molecule has 6 heteroatoms. The Morgan fingerprint density at radius 1 is 1.14 bits per heavy atom. The predicted molar refractivity (Wildman–Crippen MR) is 78.8 cm³/mol. The molecule has 21 heavy (non-hydrogen) atoms. The summed E-state index contributed by atoms with van der Waals surface area (Å²) in [6.07, 6.45) is 3.39. The van der Waals surface area contributed by atoms with Gasteiger partial charge >= 0.3 is 6.09 Å². The van der Waals surface area contributed by atoms with Crippen molar-refractivity contribution in [2.24, 2.45) is 5.92 Å². The van der Waals surface area contributed by atoms with Crippen LogP contribution in [0.1, 0.15) is 39.0 Å². The first-order chi connectivity index (χ1) is 10.1. The first-order valence-electron chi connectivity index (χ1n) is 8.13. The minimum Gasteiger partial charge on any atom is -0.450 e. The maximum Gasteiger partial charge on any atom is 0.409 e. The number of piperidine rings is 1. The molecule has 2 aliphatic heterocycles. The highest BCUT2D eigenvalue weighted by atomic mass is 16.6. The molecule has 0 spiro atoms. The molecule has 0 radical (unpaired) electrons. The van der Waals surface area contributed by atoms with Crippen molar-refractivity contribution in [3.63, 3.8) is 0 Å². The van der Waals surface area contributed by atoms with Gasteiger partial charge in [-0.25, -0.2) is 4.79 Å². The molecule has 2 N–H and O–H groups in total. The Hall–Kier alpha value is -0.850. The number of carbonyl (C=O) groups excluding carboxylic acids is 1. The Morgan fingerprint density at radius 2 is 1.86 bits per heavy atom. The predicted octanol–water partition coefficient (Wildman–Crippen LogP) is 1.02. The van der Waals surface area contributed by atoms with Crippen LogP contribution in [0.5, 0.6) is 0 Å². The number of rotatable bonds is 3. The molecule has 2 heterocycles. The molecular weight excluding hydrogens is 272 g/mol. The van der Waals surface area contributed by atoms with E-state index < -0.39 is 6.29 Å². The molecule has 1 atom stereocenters. The van der Waals surface area contributed by atoms with Crippen molar-refractivity contribution in [3.8, 4) is 0 Å². The van der Waals surface area contributed by atoms with Crippen LogP contribution < -0.4 is 0 Å². The molecule has 1 amide bonds. The van der Waals surface area contributed by atoms with Crippen molar-refractivity contribution in [1.82, 2.24) is 9.80 Å². The lowest BCUT2D eigenvalue weighted by Crippen LogP contribution is -2.44. The van der Waals surface area contributed by atoms with E-state index in [4.69, 9.17) is 4.74 Å². The summed E-state index contributed by atoms with van der Waals surface area (Å²) in [5, 5.41) is 18.5. The van der Waals surface area contributed by atoms with Crippen LogP contribution in [0.25, 0.3) is 0 Å². The van der Waals surface area contributed by atoms with E-state index in [-0.39, 0.29) is 12.0 Å². The first-order valence-corrected chi connectivity index (χ1v) is 8.13. The molecule has 0 aromatic rings. The number of amides is 1. The van der Waals surface area contributed by atoms with E-state index >= 15 is 0 Å². The molecule has 0 bridgehead atoms. The standard InChI is InChI=1S/C15H28N2O4/c1-2-21-15(20)17-8-3-4-13(7-11-17)16-9-5-12(6-10-16)14(18)19/h12-14,18-19H,2-11H2,1H3. The summed E-state index contributed by atoms with van der Waals surface area (Å²) in [6, 6.07) is 0.501. The second-order valence-electron chi connectivity index (χ2n) is 6.06. The number of carbonyl (C=O) groups is 1. The van der Waals surface area contributed by atoms with Gasteiger partial charge in [-0.3, -0.25) is 0 Å². The van der Waals surface area contributed by atoms with Crippen molar-refractivity contribution < 1.29 is 19.7 Å². The molecular formula is C15H28N2O4. The second kappa shape index (κ2) is 7.96. The Balaban J connectivity index is 1.79. The summed E-state index contributed by atoms with van der Waals surface area (Å²) in [6.45, 7) is 5.64. The zero-order chi connectivity index (χ0) is 15.2. The van der Waals surface area contributed by atoms with E-state index in [0.717, 1.165) is 58.3 Å². The number of likely N-dealkylation sites (tertiary alicyclic amines) is 2. The number of hydrogen-bond donors (Lipinski definition) is 2. The molecule has 0 aromatic carbocycles. The molecule has 0 aliphatic carbocycles. The molecule has 0 aromatic heterocycles. The fourth-order valence-electron chi connectivity index (χ4n) is 3.42. The molecule has 0 saturated carbocycles. The minimum atomic E-state index is -1.18. The monoisotopic (exact) mass is 300 g/mol. The van der Waals surface area contributed by atoms with Gasteiger partial charge in [0.25, 0.3) is 0 Å². The third-order valence-corrected chi connectivity index (χ3v) is 4.74. The van der Waals surface area contributed by atoms with Gasteiger partial charge in [0.05, 0.1) is 6.61 Å². The lowest BCUT2D eigenvalue weighted by molar-refractivity contribution is -0.101. The van der Waals surface area contributed by atoms with Crippen LogP contribution in [0.3, 0.4) is 0 Å². The largest absolute Gasteiger partial charge is 0.450 e. The number of aliphatic hydroxyl groups is 2. The van der Waals surface area contributed by atoms with Crippen LogP contribution in [0.2, 0.25) is 0 Å². The maximum atomic E-state index is 11.8. The Kier molecular flexibility index (Phi) is 6.26. The van der Waals surface area contributed by atoms with E-state index in [9.17, 15) is 15.0 Å². The van der Waals surface area contributed by atoms with Gasteiger partial charge < -0.3 is 24.7 Å². The van der Waals surface area contributed by atoms with Crippen molar-refractivity contribution in [1.29, 1.82) is 0 Å². The lowest BCUT2D eigenvalue weighted by atomic mass is 9.94. The van der Waals surface area contributed by atoms with Crippen LogP contribution in [-0.2, 0) is 4.74 Å². The number of nitrogens with zero attached hydrogens (tertiary/aromatic N) is 2. The van der Waals surface area contributed by atoms with Crippen molar-refractivity contribution in [2.45, 2.75) is 51.4 Å². The van der Waals surface area contributed by atoms with Gasteiger partial charge in [-0.15, -0.1) is 0 Å². The van der Waals surface area contributed by atoms with Crippen LogP contribution >= 0.6 is 0 Å². The molecule has 2 rings (SSSR count). The van der Waals surface area contributed by atoms with Crippen LogP contribution in [0.15, 0.2) is 0 Å². The number of aliphatic hydroxyl groups excluding tert-OH is 1. The average Bonchev–Trinajstić information content (AvgIpc) is 2.73. The third-order valence-electron chi connectivity index (χ3n) is 4.74. The Bertz CT molecular complexity index is 330. The Morgan fingerprint density at radius 3 is 2.48 bits per heavy atom. The number of hydrogen-bond acceptors (Lipinski definition) is 5. The highest BCUT2D eigenvalue weighted by molar-refractivity contribution is 5.67. The third kappa shape index (κ3) is 4.56.